The van der Waals surface area contributed by atoms with Crippen LogP contribution in [0.3, 0.4) is 0 Å². The lowest BCUT2D eigenvalue weighted by Gasteiger charge is -2.10. The molecule has 0 saturated heterocycles. The van der Waals surface area contributed by atoms with E-state index in [0.29, 0.717) is 5.88 Å². The van der Waals surface area contributed by atoms with E-state index in [1.807, 2.05) is 51.2 Å². The van der Waals surface area contributed by atoms with Crippen molar-refractivity contribution in [1.82, 2.24) is 10.3 Å². The van der Waals surface area contributed by atoms with Crippen molar-refractivity contribution in [3.63, 3.8) is 0 Å². The Kier molecular flexibility index (Phi) is 4.56. The minimum absolute atomic E-state index is 0.624. The molecule has 1 N–H and O–H groups in total. The Morgan fingerprint density at radius 3 is 2.68 bits per heavy atom. The van der Waals surface area contributed by atoms with Gasteiger partial charge >= 0.3 is 0 Å². The molecule has 0 aliphatic carbocycles. The van der Waals surface area contributed by atoms with Crippen LogP contribution in [-0.2, 0) is 6.54 Å². The summed E-state index contributed by atoms with van der Waals surface area (Å²) in [7, 11) is 1.93. The summed E-state index contributed by atoms with van der Waals surface area (Å²) in [6.45, 7) is 4.83. The third-order valence-electron chi connectivity index (χ3n) is 2.90. The van der Waals surface area contributed by atoms with Gasteiger partial charge in [-0.2, -0.15) is 0 Å². The van der Waals surface area contributed by atoms with E-state index in [4.69, 9.17) is 4.74 Å². The number of hydrogen-bond donors (Lipinski definition) is 1. The summed E-state index contributed by atoms with van der Waals surface area (Å²) in [5.74, 6) is 1.45. The molecular formula is C15H17BrN2O. The molecule has 2 aromatic rings. The smallest absolute Gasteiger partial charge is 0.219 e. The van der Waals surface area contributed by atoms with Gasteiger partial charge in [0.25, 0.3) is 0 Å². The molecule has 0 radical (unpaired) electrons. The first-order valence-electron chi connectivity index (χ1n) is 6.15. The van der Waals surface area contributed by atoms with Crippen LogP contribution in [0.2, 0.25) is 0 Å². The maximum absolute atomic E-state index is 5.84. The molecule has 0 saturated carbocycles. The number of nitrogens with one attached hydrogen (secondary N) is 1. The predicted molar refractivity (Wildman–Crippen MR) is 80.7 cm³/mol. The van der Waals surface area contributed by atoms with Gasteiger partial charge in [0.1, 0.15) is 5.75 Å². The van der Waals surface area contributed by atoms with Crippen LogP contribution in [0, 0.1) is 13.8 Å². The van der Waals surface area contributed by atoms with Crippen LogP contribution in [-0.4, -0.2) is 12.0 Å². The highest BCUT2D eigenvalue weighted by Gasteiger charge is 2.06. The van der Waals surface area contributed by atoms with Gasteiger partial charge in [-0.1, -0.05) is 28.1 Å². The summed E-state index contributed by atoms with van der Waals surface area (Å²) in [6.07, 6.45) is 0. The number of aryl methyl sites for hydroxylation is 2. The molecule has 4 heteroatoms. The van der Waals surface area contributed by atoms with E-state index in [1.54, 1.807) is 0 Å². The minimum atomic E-state index is 0.624. The van der Waals surface area contributed by atoms with Gasteiger partial charge in [-0.3, -0.25) is 0 Å². The van der Waals surface area contributed by atoms with Crippen molar-refractivity contribution in [1.29, 1.82) is 0 Å². The third kappa shape index (κ3) is 3.55. The SMILES string of the molecule is CNCc1ccc(Oc2cc(Br)ccc2C)nc1C. The lowest BCUT2D eigenvalue weighted by atomic mass is 10.2. The topological polar surface area (TPSA) is 34.1 Å². The largest absolute Gasteiger partial charge is 0.439 e. The van der Waals surface area contributed by atoms with Gasteiger partial charge in [0.2, 0.25) is 5.88 Å². The fourth-order valence-electron chi connectivity index (χ4n) is 1.80. The second-order valence-electron chi connectivity index (χ2n) is 4.44. The molecule has 0 atom stereocenters. The van der Waals surface area contributed by atoms with Crippen molar-refractivity contribution < 1.29 is 4.74 Å². The van der Waals surface area contributed by atoms with Crippen molar-refractivity contribution in [2.24, 2.45) is 0 Å². The summed E-state index contributed by atoms with van der Waals surface area (Å²) in [5.41, 5.74) is 3.25. The van der Waals surface area contributed by atoms with Crippen LogP contribution in [0.15, 0.2) is 34.8 Å². The predicted octanol–water partition coefficient (Wildman–Crippen LogP) is 3.97. The number of halogens is 1. The van der Waals surface area contributed by atoms with Gasteiger partial charge in [-0.15, -0.1) is 0 Å². The van der Waals surface area contributed by atoms with Crippen LogP contribution in [0.25, 0.3) is 0 Å². The van der Waals surface area contributed by atoms with Crippen molar-refractivity contribution in [3.8, 4) is 11.6 Å². The molecule has 2 rings (SSSR count). The molecule has 19 heavy (non-hydrogen) atoms. The number of nitrogens with zero attached hydrogens (tertiary/aromatic N) is 1. The Hall–Kier alpha value is -1.39. The average Bonchev–Trinajstić information content (AvgIpc) is 2.37. The highest BCUT2D eigenvalue weighted by molar-refractivity contribution is 9.10. The Balaban J connectivity index is 2.24. The molecule has 1 aromatic carbocycles. The summed E-state index contributed by atoms with van der Waals surface area (Å²) in [6, 6.07) is 9.91. The Morgan fingerprint density at radius 1 is 1.21 bits per heavy atom. The molecule has 0 amide bonds. The number of hydrogen-bond acceptors (Lipinski definition) is 3. The van der Waals surface area contributed by atoms with E-state index in [2.05, 4.69) is 26.2 Å². The van der Waals surface area contributed by atoms with Gasteiger partial charge in [-0.25, -0.2) is 4.98 Å². The summed E-state index contributed by atoms with van der Waals surface area (Å²) >= 11 is 3.45. The Morgan fingerprint density at radius 2 is 2.00 bits per heavy atom. The van der Waals surface area contributed by atoms with Crippen molar-refractivity contribution in [3.05, 3.63) is 51.6 Å². The monoisotopic (exact) mass is 320 g/mol. The lowest BCUT2D eigenvalue weighted by molar-refractivity contribution is 0.457. The molecule has 0 spiro atoms. The van der Waals surface area contributed by atoms with E-state index < -0.39 is 0 Å². The molecule has 0 bridgehead atoms. The first-order valence-corrected chi connectivity index (χ1v) is 6.94. The molecule has 0 unspecified atom stereocenters. The molecule has 1 heterocycles. The van der Waals surface area contributed by atoms with Gasteiger partial charge in [-0.05, 0) is 44.2 Å². The number of benzene rings is 1. The maximum Gasteiger partial charge on any atom is 0.219 e. The molecule has 100 valence electrons. The van der Waals surface area contributed by atoms with E-state index >= 15 is 0 Å². The van der Waals surface area contributed by atoms with Crippen LogP contribution < -0.4 is 10.1 Å². The second-order valence-corrected chi connectivity index (χ2v) is 5.35. The van der Waals surface area contributed by atoms with Gasteiger partial charge in [0.15, 0.2) is 0 Å². The zero-order chi connectivity index (χ0) is 13.8. The number of pyridine rings is 1. The molecule has 3 nitrogen and oxygen atoms in total. The van der Waals surface area contributed by atoms with Crippen LogP contribution in [0.5, 0.6) is 11.6 Å². The fourth-order valence-corrected chi connectivity index (χ4v) is 2.14. The van der Waals surface area contributed by atoms with E-state index in [-0.39, 0.29) is 0 Å². The normalized spacial score (nSPS) is 10.5. The highest BCUT2D eigenvalue weighted by atomic mass is 79.9. The van der Waals surface area contributed by atoms with Gasteiger partial charge in [0, 0.05) is 22.8 Å². The molecular weight excluding hydrogens is 304 g/mol. The van der Waals surface area contributed by atoms with Crippen molar-refractivity contribution >= 4 is 15.9 Å². The fraction of sp³-hybridized carbons (Fsp3) is 0.267. The molecule has 0 aliphatic heterocycles. The van der Waals surface area contributed by atoms with Crippen molar-refractivity contribution in [2.45, 2.75) is 20.4 Å². The first-order chi connectivity index (χ1) is 9.10. The quantitative estimate of drug-likeness (QED) is 0.925. The van der Waals surface area contributed by atoms with Crippen LogP contribution in [0.1, 0.15) is 16.8 Å². The van der Waals surface area contributed by atoms with Crippen LogP contribution >= 0.6 is 15.9 Å². The van der Waals surface area contributed by atoms with Gasteiger partial charge < -0.3 is 10.1 Å². The summed E-state index contributed by atoms with van der Waals surface area (Å²) in [5, 5.41) is 3.12. The Labute approximate surface area is 122 Å². The standard InChI is InChI=1S/C15H17BrN2O/c1-10-4-6-13(16)8-14(10)19-15-7-5-12(9-17-3)11(2)18-15/h4-8,17H,9H2,1-3H3. The summed E-state index contributed by atoms with van der Waals surface area (Å²) < 4.78 is 6.84. The van der Waals surface area contributed by atoms with E-state index in [9.17, 15) is 0 Å². The average molecular weight is 321 g/mol. The molecule has 0 aliphatic rings. The number of ether oxygens (including phenoxy) is 1. The van der Waals surface area contributed by atoms with Crippen LogP contribution in [0.4, 0.5) is 0 Å². The molecule has 0 fully saturated rings. The van der Waals surface area contributed by atoms with Crippen molar-refractivity contribution in [2.75, 3.05) is 7.05 Å². The summed E-state index contributed by atoms with van der Waals surface area (Å²) in [4.78, 5) is 4.48. The van der Waals surface area contributed by atoms with E-state index in [0.717, 1.165) is 28.0 Å². The maximum atomic E-state index is 5.84. The third-order valence-corrected chi connectivity index (χ3v) is 3.39. The zero-order valence-corrected chi connectivity index (χ0v) is 12.9. The second kappa shape index (κ2) is 6.17. The van der Waals surface area contributed by atoms with Gasteiger partial charge in [0.05, 0.1) is 0 Å². The first kappa shape index (κ1) is 14.0. The minimum Gasteiger partial charge on any atom is -0.439 e. The highest BCUT2D eigenvalue weighted by Crippen LogP contribution is 2.27. The number of rotatable bonds is 4. The zero-order valence-electron chi connectivity index (χ0n) is 11.3. The Bertz CT molecular complexity index is 584. The molecule has 1 aromatic heterocycles. The lowest BCUT2D eigenvalue weighted by Crippen LogP contribution is -2.07. The number of aromatic nitrogens is 1. The van der Waals surface area contributed by atoms with E-state index in [1.165, 1.54) is 5.56 Å².